The van der Waals surface area contributed by atoms with Crippen LogP contribution in [0.4, 0.5) is 4.39 Å². The second-order valence-electron chi connectivity index (χ2n) is 2.60. The Morgan fingerprint density at radius 2 is 2.33 bits per heavy atom. The lowest BCUT2D eigenvalue weighted by Crippen LogP contribution is -2.05. The molecule has 66 valence electrons. The monoisotopic (exact) mass is 187 g/mol. The lowest BCUT2D eigenvalue weighted by molar-refractivity contribution is 0.464. The summed E-state index contributed by atoms with van der Waals surface area (Å²) in [5.74, 6) is 0. The molecular formula is C9H11ClFN. The Morgan fingerprint density at radius 1 is 1.50 bits per heavy atom. The van der Waals surface area contributed by atoms with Crippen LogP contribution in [0.1, 0.15) is 12.1 Å². The van der Waals surface area contributed by atoms with Gasteiger partial charge in [-0.3, -0.25) is 9.37 Å². The molecule has 0 aliphatic rings. The molecule has 0 amide bonds. The first-order valence-corrected chi connectivity index (χ1v) is 4.36. The van der Waals surface area contributed by atoms with Crippen LogP contribution in [0.15, 0.2) is 24.4 Å². The number of alkyl halides is 2. The van der Waals surface area contributed by atoms with Gasteiger partial charge in [-0.25, -0.2) is 0 Å². The van der Waals surface area contributed by atoms with Crippen LogP contribution in [0.3, 0.4) is 0 Å². The van der Waals surface area contributed by atoms with Gasteiger partial charge in [-0.15, -0.1) is 11.6 Å². The molecule has 1 nitrogen and oxygen atoms in total. The SMILES string of the molecule is FCCC(Cl)Cc1ccccn1. The number of hydrogen-bond donors (Lipinski definition) is 0. The molecule has 0 N–H and O–H groups in total. The number of rotatable bonds is 4. The molecule has 0 saturated heterocycles. The molecule has 1 heterocycles. The van der Waals surface area contributed by atoms with Crippen LogP contribution in [-0.4, -0.2) is 17.0 Å². The highest BCUT2D eigenvalue weighted by molar-refractivity contribution is 6.20. The molecule has 3 heteroatoms. The Labute approximate surface area is 76.6 Å². The summed E-state index contributed by atoms with van der Waals surface area (Å²) in [6.07, 6.45) is 2.76. The molecule has 0 aliphatic heterocycles. The van der Waals surface area contributed by atoms with Gasteiger partial charge in [0.1, 0.15) is 0 Å². The summed E-state index contributed by atoms with van der Waals surface area (Å²) in [6, 6.07) is 5.65. The maximum absolute atomic E-state index is 11.8. The highest BCUT2D eigenvalue weighted by atomic mass is 35.5. The standard InChI is InChI=1S/C9H11ClFN/c10-8(4-5-11)7-9-3-1-2-6-12-9/h1-3,6,8H,4-5,7H2. The van der Waals surface area contributed by atoms with Gasteiger partial charge >= 0.3 is 0 Å². The Bertz CT molecular complexity index is 215. The minimum Gasteiger partial charge on any atom is -0.261 e. The van der Waals surface area contributed by atoms with Gasteiger partial charge in [0.15, 0.2) is 0 Å². The second kappa shape index (κ2) is 5.09. The first-order valence-electron chi connectivity index (χ1n) is 3.93. The summed E-state index contributed by atoms with van der Waals surface area (Å²) in [7, 11) is 0. The summed E-state index contributed by atoms with van der Waals surface area (Å²) in [5, 5.41) is -0.134. The van der Waals surface area contributed by atoms with Crippen molar-refractivity contribution in [3.63, 3.8) is 0 Å². The molecule has 1 aromatic heterocycles. The summed E-state index contributed by atoms with van der Waals surface area (Å²) >= 11 is 5.84. The molecule has 1 unspecified atom stereocenters. The number of halogens is 2. The van der Waals surface area contributed by atoms with E-state index >= 15 is 0 Å². The topological polar surface area (TPSA) is 12.9 Å². The molecule has 0 saturated carbocycles. The van der Waals surface area contributed by atoms with Crippen molar-refractivity contribution in [2.75, 3.05) is 6.67 Å². The third-order valence-electron chi connectivity index (χ3n) is 1.58. The maximum atomic E-state index is 11.8. The first kappa shape index (κ1) is 9.46. The summed E-state index contributed by atoms with van der Waals surface area (Å²) in [4.78, 5) is 4.09. The fourth-order valence-corrected chi connectivity index (χ4v) is 1.21. The fraction of sp³-hybridized carbons (Fsp3) is 0.444. The van der Waals surface area contributed by atoms with Crippen LogP contribution < -0.4 is 0 Å². The van der Waals surface area contributed by atoms with Crippen molar-refractivity contribution in [2.24, 2.45) is 0 Å². The number of hydrogen-bond acceptors (Lipinski definition) is 1. The van der Waals surface area contributed by atoms with Crippen molar-refractivity contribution in [3.8, 4) is 0 Å². The van der Waals surface area contributed by atoms with Crippen LogP contribution in [0, 0.1) is 0 Å². The molecule has 0 spiro atoms. The van der Waals surface area contributed by atoms with Gasteiger partial charge in [-0.2, -0.15) is 0 Å². The fourth-order valence-electron chi connectivity index (χ4n) is 0.966. The van der Waals surface area contributed by atoms with Crippen LogP contribution in [0.25, 0.3) is 0 Å². The smallest absolute Gasteiger partial charge is 0.0908 e. The third kappa shape index (κ3) is 3.18. The van der Waals surface area contributed by atoms with Crippen molar-refractivity contribution >= 4 is 11.6 Å². The van der Waals surface area contributed by atoms with E-state index in [9.17, 15) is 4.39 Å². The van der Waals surface area contributed by atoms with Crippen molar-refractivity contribution in [3.05, 3.63) is 30.1 Å². The highest BCUT2D eigenvalue weighted by Crippen LogP contribution is 2.09. The maximum Gasteiger partial charge on any atom is 0.0908 e. The van der Waals surface area contributed by atoms with Gasteiger partial charge in [0, 0.05) is 23.7 Å². The minimum absolute atomic E-state index is 0.134. The quantitative estimate of drug-likeness (QED) is 0.661. The van der Waals surface area contributed by atoms with Crippen LogP contribution in [0.2, 0.25) is 0 Å². The summed E-state index contributed by atoms with van der Waals surface area (Å²) in [5.41, 5.74) is 0.922. The third-order valence-corrected chi connectivity index (χ3v) is 1.95. The highest BCUT2D eigenvalue weighted by Gasteiger charge is 2.05. The van der Waals surface area contributed by atoms with Crippen LogP contribution in [-0.2, 0) is 6.42 Å². The van der Waals surface area contributed by atoms with Crippen LogP contribution >= 0.6 is 11.6 Å². The zero-order valence-electron chi connectivity index (χ0n) is 6.71. The van der Waals surface area contributed by atoms with Gasteiger partial charge in [-0.1, -0.05) is 6.07 Å². The lowest BCUT2D eigenvalue weighted by Gasteiger charge is -2.04. The Kier molecular flexibility index (Phi) is 4.01. The molecule has 1 rings (SSSR count). The molecule has 0 radical (unpaired) electrons. The number of aromatic nitrogens is 1. The van der Waals surface area contributed by atoms with Crippen molar-refractivity contribution < 1.29 is 4.39 Å². The van der Waals surface area contributed by atoms with E-state index in [4.69, 9.17) is 11.6 Å². The number of pyridine rings is 1. The van der Waals surface area contributed by atoms with Gasteiger partial charge in [-0.05, 0) is 18.6 Å². The minimum atomic E-state index is -0.360. The Morgan fingerprint density at radius 3 is 2.92 bits per heavy atom. The molecule has 12 heavy (non-hydrogen) atoms. The van der Waals surface area contributed by atoms with E-state index in [2.05, 4.69) is 4.98 Å². The van der Waals surface area contributed by atoms with Crippen molar-refractivity contribution in [1.82, 2.24) is 4.98 Å². The van der Waals surface area contributed by atoms with Gasteiger partial charge in [0.2, 0.25) is 0 Å². The van der Waals surface area contributed by atoms with E-state index in [1.807, 2.05) is 18.2 Å². The zero-order valence-corrected chi connectivity index (χ0v) is 7.47. The normalized spacial score (nSPS) is 12.8. The Balaban J connectivity index is 2.41. The molecule has 0 aromatic carbocycles. The summed E-state index contributed by atoms with van der Waals surface area (Å²) < 4.78 is 11.8. The molecule has 1 atom stereocenters. The predicted molar refractivity (Wildman–Crippen MR) is 48.2 cm³/mol. The molecule has 0 bridgehead atoms. The second-order valence-corrected chi connectivity index (χ2v) is 3.22. The average molecular weight is 188 g/mol. The first-order chi connectivity index (χ1) is 5.83. The van der Waals surface area contributed by atoms with Crippen molar-refractivity contribution in [2.45, 2.75) is 18.2 Å². The lowest BCUT2D eigenvalue weighted by atomic mass is 10.2. The van der Waals surface area contributed by atoms with E-state index < -0.39 is 0 Å². The molecular weight excluding hydrogens is 177 g/mol. The van der Waals surface area contributed by atoms with Crippen LogP contribution in [0.5, 0.6) is 0 Å². The van der Waals surface area contributed by atoms with Gasteiger partial charge in [0.05, 0.1) is 6.67 Å². The average Bonchev–Trinajstić information content (AvgIpc) is 2.06. The number of nitrogens with zero attached hydrogens (tertiary/aromatic N) is 1. The van der Waals surface area contributed by atoms with E-state index in [-0.39, 0.29) is 12.1 Å². The predicted octanol–water partition coefficient (Wildman–Crippen LogP) is 2.59. The zero-order chi connectivity index (χ0) is 8.81. The molecule has 1 aromatic rings. The van der Waals surface area contributed by atoms with E-state index in [1.54, 1.807) is 6.20 Å². The van der Waals surface area contributed by atoms with Crippen molar-refractivity contribution in [1.29, 1.82) is 0 Å². The van der Waals surface area contributed by atoms with E-state index in [0.29, 0.717) is 12.8 Å². The molecule has 0 fully saturated rings. The van der Waals surface area contributed by atoms with Gasteiger partial charge < -0.3 is 0 Å². The largest absolute Gasteiger partial charge is 0.261 e. The van der Waals surface area contributed by atoms with E-state index in [0.717, 1.165) is 5.69 Å². The molecule has 0 aliphatic carbocycles. The Hall–Kier alpha value is -0.630. The summed E-state index contributed by atoms with van der Waals surface area (Å²) in [6.45, 7) is -0.360. The van der Waals surface area contributed by atoms with E-state index in [1.165, 1.54) is 0 Å². The van der Waals surface area contributed by atoms with Gasteiger partial charge in [0.25, 0.3) is 0 Å².